The van der Waals surface area contributed by atoms with Crippen LogP contribution in [0.4, 0.5) is 5.69 Å². The molecular weight excluding hydrogens is 344 g/mol. The van der Waals surface area contributed by atoms with Crippen molar-refractivity contribution in [3.05, 3.63) is 53.6 Å². The van der Waals surface area contributed by atoms with Crippen LogP contribution in [0, 0.1) is 0 Å². The van der Waals surface area contributed by atoms with Crippen molar-refractivity contribution in [2.24, 2.45) is 0 Å². The fourth-order valence-corrected chi connectivity index (χ4v) is 2.69. The number of fused-ring (bicyclic) bond motifs is 1. The lowest BCUT2D eigenvalue weighted by Crippen LogP contribution is -2.28. The third kappa shape index (κ3) is 4.85. The Morgan fingerprint density at radius 1 is 1.24 bits per heavy atom. The molecule has 0 radical (unpaired) electrons. The number of phenols is 1. The van der Waals surface area contributed by atoms with Gasteiger partial charge in [-0.1, -0.05) is 30.3 Å². The molecule has 0 bridgehead atoms. The maximum Gasteiger partial charge on any atom is 0.262 e. The molecule has 3 rings (SSSR count). The van der Waals surface area contributed by atoms with E-state index in [1.165, 1.54) is 17.7 Å². The summed E-state index contributed by atoms with van der Waals surface area (Å²) in [5.74, 6) is 0.0946. The fourth-order valence-electron chi connectivity index (χ4n) is 2.69. The summed E-state index contributed by atoms with van der Waals surface area (Å²) in [5, 5.41) is 26.0. The highest BCUT2D eigenvalue weighted by Crippen LogP contribution is 2.38. The standard InChI is InChI=1S/C18H20N2O4.ClH/c21-13-8-14(18-15(9-13)20-17(23)11-24-18)16(22)10-19-7-6-12-4-2-1-3-5-12;/h1-5,8-9,16,19,21-22H,6-7,10-11H2,(H,20,23);1H. The van der Waals surface area contributed by atoms with Gasteiger partial charge in [0.2, 0.25) is 0 Å². The number of carbonyl (C=O) groups excluding carboxylic acids is 1. The summed E-state index contributed by atoms with van der Waals surface area (Å²) in [6.45, 7) is 0.943. The maximum atomic E-state index is 11.4. The molecule has 0 saturated carbocycles. The van der Waals surface area contributed by atoms with Gasteiger partial charge in [0.1, 0.15) is 11.5 Å². The van der Waals surface area contributed by atoms with Crippen LogP contribution in [-0.2, 0) is 11.2 Å². The Kier molecular flexibility index (Phi) is 6.64. The number of aliphatic hydroxyl groups is 1. The van der Waals surface area contributed by atoms with E-state index in [2.05, 4.69) is 22.8 Å². The van der Waals surface area contributed by atoms with Crippen molar-refractivity contribution in [3.8, 4) is 11.5 Å². The Balaban J connectivity index is 0.00000225. The van der Waals surface area contributed by atoms with Gasteiger partial charge in [-0.2, -0.15) is 0 Å². The van der Waals surface area contributed by atoms with E-state index < -0.39 is 6.10 Å². The molecule has 0 aliphatic carbocycles. The average Bonchev–Trinajstić information content (AvgIpc) is 2.58. The van der Waals surface area contributed by atoms with Gasteiger partial charge in [-0.3, -0.25) is 4.79 Å². The zero-order valence-corrected chi connectivity index (χ0v) is 14.4. The van der Waals surface area contributed by atoms with Crippen LogP contribution in [-0.4, -0.2) is 35.8 Å². The van der Waals surface area contributed by atoms with Crippen LogP contribution >= 0.6 is 12.4 Å². The number of amides is 1. The number of benzene rings is 2. The quantitative estimate of drug-likeness (QED) is 0.589. The average molecular weight is 365 g/mol. The molecule has 1 amide bonds. The van der Waals surface area contributed by atoms with Gasteiger partial charge in [0.25, 0.3) is 5.91 Å². The monoisotopic (exact) mass is 364 g/mol. The molecule has 25 heavy (non-hydrogen) atoms. The zero-order valence-electron chi connectivity index (χ0n) is 13.6. The first-order valence-corrected chi connectivity index (χ1v) is 7.86. The van der Waals surface area contributed by atoms with E-state index in [0.29, 0.717) is 23.5 Å². The number of nitrogens with one attached hydrogen (secondary N) is 2. The van der Waals surface area contributed by atoms with Gasteiger partial charge in [-0.15, -0.1) is 12.4 Å². The Labute approximate surface area is 152 Å². The number of phenolic OH excluding ortho intramolecular Hbond substituents is 1. The molecule has 134 valence electrons. The van der Waals surface area contributed by atoms with Crippen LogP contribution in [0.2, 0.25) is 0 Å². The molecule has 1 aliphatic rings. The minimum absolute atomic E-state index is 0. The topological polar surface area (TPSA) is 90.8 Å². The normalized spacial score (nSPS) is 13.9. The molecule has 1 atom stereocenters. The van der Waals surface area contributed by atoms with E-state index in [4.69, 9.17) is 4.74 Å². The van der Waals surface area contributed by atoms with Crippen LogP contribution in [0.1, 0.15) is 17.2 Å². The highest BCUT2D eigenvalue weighted by atomic mass is 35.5. The number of ether oxygens (including phenoxy) is 1. The second-order valence-electron chi connectivity index (χ2n) is 5.70. The van der Waals surface area contributed by atoms with Gasteiger partial charge in [0.05, 0.1) is 11.8 Å². The first-order valence-electron chi connectivity index (χ1n) is 7.86. The van der Waals surface area contributed by atoms with Gasteiger partial charge in [-0.25, -0.2) is 0 Å². The second kappa shape index (κ2) is 8.71. The fraction of sp³-hybridized carbons (Fsp3) is 0.278. The molecule has 0 aromatic heterocycles. The van der Waals surface area contributed by atoms with E-state index in [1.54, 1.807) is 0 Å². The molecule has 2 aromatic rings. The first kappa shape index (κ1) is 19.1. The van der Waals surface area contributed by atoms with Crippen LogP contribution in [0.3, 0.4) is 0 Å². The maximum absolute atomic E-state index is 11.4. The smallest absolute Gasteiger partial charge is 0.262 e. The number of anilines is 1. The number of hydrogen-bond donors (Lipinski definition) is 4. The van der Waals surface area contributed by atoms with Gasteiger partial charge in [0.15, 0.2) is 6.61 Å². The van der Waals surface area contributed by atoms with E-state index in [1.807, 2.05) is 18.2 Å². The largest absolute Gasteiger partial charge is 0.508 e. The summed E-state index contributed by atoms with van der Waals surface area (Å²) < 4.78 is 5.41. The lowest BCUT2D eigenvalue weighted by molar-refractivity contribution is -0.118. The molecule has 1 unspecified atom stereocenters. The Morgan fingerprint density at radius 2 is 2.00 bits per heavy atom. The minimum atomic E-state index is -0.850. The molecule has 7 heteroatoms. The lowest BCUT2D eigenvalue weighted by atomic mass is 10.0. The van der Waals surface area contributed by atoms with Gasteiger partial charge < -0.3 is 25.6 Å². The summed E-state index contributed by atoms with van der Waals surface area (Å²) in [6, 6.07) is 12.9. The first-order chi connectivity index (χ1) is 11.6. The van der Waals surface area contributed by atoms with Crippen molar-refractivity contribution < 1.29 is 19.7 Å². The molecular formula is C18H21ClN2O4. The molecule has 2 aromatic carbocycles. The lowest BCUT2D eigenvalue weighted by Gasteiger charge is -2.23. The second-order valence-corrected chi connectivity index (χ2v) is 5.70. The van der Waals surface area contributed by atoms with Crippen molar-refractivity contribution in [1.82, 2.24) is 5.32 Å². The van der Waals surface area contributed by atoms with E-state index in [-0.39, 0.29) is 30.7 Å². The predicted octanol–water partition coefficient (Wildman–Crippen LogP) is 2.01. The van der Waals surface area contributed by atoms with Crippen LogP contribution in [0.15, 0.2) is 42.5 Å². The van der Waals surface area contributed by atoms with Crippen molar-refractivity contribution in [1.29, 1.82) is 0 Å². The highest BCUT2D eigenvalue weighted by Gasteiger charge is 2.23. The molecule has 4 N–H and O–H groups in total. The molecule has 1 heterocycles. The number of aromatic hydroxyl groups is 1. The minimum Gasteiger partial charge on any atom is -0.508 e. The number of hydrogen-bond acceptors (Lipinski definition) is 5. The van der Waals surface area contributed by atoms with Crippen LogP contribution in [0.5, 0.6) is 11.5 Å². The predicted molar refractivity (Wildman–Crippen MR) is 97.5 cm³/mol. The van der Waals surface area contributed by atoms with Gasteiger partial charge in [-0.05, 0) is 24.6 Å². The summed E-state index contributed by atoms with van der Waals surface area (Å²) in [4.78, 5) is 11.4. The molecule has 0 spiro atoms. The van der Waals surface area contributed by atoms with Crippen LogP contribution < -0.4 is 15.4 Å². The van der Waals surface area contributed by atoms with Crippen LogP contribution in [0.25, 0.3) is 0 Å². The number of aliphatic hydroxyl groups excluding tert-OH is 1. The van der Waals surface area contributed by atoms with E-state index in [9.17, 15) is 15.0 Å². The number of rotatable bonds is 6. The zero-order chi connectivity index (χ0) is 16.9. The summed E-state index contributed by atoms with van der Waals surface area (Å²) in [7, 11) is 0. The Morgan fingerprint density at radius 3 is 2.76 bits per heavy atom. The highest BCUT2D eigenvalue weighted by molar-refractivity contribution is 5.96. The summed E-state index contributed by atoms with van der Waals surface area (Å²) in [6.07, 6.45) is 0.00904. The molecule has 0 saturated heterocycles. The van der Waals surface area contributed by atoms with E-state index >= 15 is 0 Å². The van der Waals surface area contributed by atoms with E-state index in [0.717, 1.165) is 13.0 Å². The Hall–Kier alpha value is -2.28. The summed E-state index contributed by atoms with van der Waals surface area (Å²) >= 11 is 0. The number of carbonyl (C=O) groups is 1. The molecule has 6 nitrogen and oxygen atoms in total. The van der Waals surface area contributed by atoms with Crippen molar-refractivity contribution in [2.45, 2.75) is 12.5 Å². The van der Waals surface area contributed by atoms with Crippen molar-refractivity contribution >= 4 is 24.0 Å². The molecule has 0 fully saturated rings. The SMILES string of the molecule is Cl.O=C1COc2c(cc(O)cc2C(O)CNCCc2ccccc2)N1. The Bertz CT molecular complexity index is 725. The number of halogens is 1. The van der Waals surface area contributed by atoms with Crippen molar-refractivity contribution in [2.75, 3.05) is 25.0 Å². The van der Waals surface area contributed by atoms with Crippen molar-refractivity contribution in [3.63, 3.8) is 0 Å². The van der Waals surface area contributed by atoms with Gasteiger partial charge >= 0.3 is 0 Å². The van der Waals surface area contributed by atoms with Gasteiger partial charge in [0, 0.05) is 18.2 Å². The summed E-state index contributed by atoms with van der Waals surface area (Å²) in [5.41, 5.74) is 2.06. The third-order valence-electron chi connectivity index (χ3n) is 3.85. The molecule has 1 aliphatic heterocycles. The third-order valence-corrected chi connectivity index (χ3v) is 3.85.